The molecule has 3 heteroatoms. The molecular formula is C15H14N2O. The Bertz CT molecular complexity index is 605. The van der Waals surface area contributed by atoms with Gasteiger partial charge in [0.15, 0.2) is 5.75 Å². The smallest absolute Gasteiger partial charge is 0.153 e. The molecular weight excluding hydrogens is 224 g/mol. The molecule has 2 aromatic carbocycles. The van der Waals surface area contributed by atoms with Crippen LogP contribution in [0, 0.1) is 0 Å². The highest BCUT2D eigenvalue weighted by atomic mass is 16.5. The van der Waals surface area contributed by atoms with Crippen molar-refractivity contribution in [2.45, 2.75) is 0 Å². The van der Waals surface area contributed by atoms with E-state index in [0.717, 1.165) is 28.5 Å². The summed E-state index contributed by atoms with van der Waals surface area (Å²) in [5.74, 6) is 1.66. The van der Waals surface area contributed by atoms with E-state index in [1.807, 2.05) is 55.6 Å². The zero-order chi connectivity index (χ0) is 12.4. The van der Waals surface area contributed by atoms with Gasteiger partial charge < -0.3 is 10.1 Å². The first-order valence-electron chi connectivity index (χ1n) is 5.97. The number of hydrogen-bond acceptors (Lipinski definition) is 3. The number of nitrogens with one attached hydrogen (secondary N) is 1. The van der Waals surface area contributed by atoms with Crippen molar-refractivity contribution < 1.29 is 4.74 Å². The van der Waals surface area contributed by atoms with Crippen molar-refractivity contribution in [1.29, 1.82) is 0 Å². The van der Waals surface area contributed by atoms with Crippen molar-refractivity contribution in [3.8, 4) is 11.5 Å². The Hall–Kier alpha value is -2.13. The van der Waals surface area contributed by atoms with Crippen molar-refractivity contribution >= 4 is 11.4 Å². The first kappa shape index (κ1) is 11.0. The molecule has 3 nitrogen and oxygen atoms in total. The number of ether oxygens (including phenoxy) is 1. The van der Waals surface area contributed by atoms with Gasteiger partial charge in [0.2, 0.25) is 0 Å². The normalized spacial score (nSPS) is 12.8. The summed E-state index contributed by atoms with van der Waals surface area (Å²) in [5.41, 5.74) is 2.92. The number of fused-ring (bicyclic) bond motifs is 2. The fraction of sp³-hybridized carbons (Fsp3) is 0.133. The van der Waals surface area contributed by atoms with Gasteiger partial charge in [-0.2, -0.15) is 0 Å². The van der Waals surface area contributed by atoms with E-state index < -0.39 is 0 Å². The lowest BCUT2D eigenvalue weighted by Crippen LogP contribution is -2.19. The third kappa shape index (κ3) is 1.89. The summed E-state index contributed by atoms with van der Waals surface area (Å²) in [6.07, 6.45) is 0. The van der Waals surface area contributed by atoms with Gasteiger partial charge in [-0.15, -0.1) is 0 Å². The highest BCUT2D eigenvalue weighted by molar-refractivity contribution is 6.06. The average Bonchev–Trinajstić information content (AvgIpc) is 2.56. The Kier molecular flexibility index (Phi) is 2.82. The van der Waals surface area contributed by atoms with Crippen LogP contribution in [-0.2, 0) is 0 Å². The topological polar surface area (TPSA) is 33.6 Å². The van der Waals surface area contributed by atoms with Crippen LogP contribution in [-0.4, -0.2) is 19.3 Å². The quantitative estimate of drug-likeness (QED) is 0.872. The minimum atomic E-state index is 0.717. The molecule has 0 saturated heterocycles. The van der Waals surface area contributed by atoms with Crippen LogP contribution in [0.15, 0.2) is 53.5 Å². The summed E-state index contributed by atoms with van der Waals surface area (Å²) in [7, 11) is 1.92. The Balaban J connectivity index is 2.19. The summed E-state index contributed by atoms with van der Waals surface area (Å²) in [6.45, 7) is 0.717. The van der Waals surface area contributed by atoms with Crippen LogP contribution in [0.4, 0.5) is 5.69 Å². The molecule has 0 saturated carbocycles. The molecule has 0 amide bonds. The maximum Gasteiger partial charge on any atom is 0.153 e. The third-order valence-electron chi connectivity index (χ3n) is 2.88. The predicted octanol–water partition coefficient (Wildman–Crippen LogP) is 3.13. The monoisotopic (exact) mass is 238 g/mol. The van der Waals surface area contributed by atoms with Crippen molar-refractivity contribution in [2.75, 3.05) is 13.6 Å². The number of para-hydroxylation sites is 3. The van der Waals surface area contributed by atoms with E-state index in [9.17, 15) is 0 Å². The standard InChI is InChI=1S/C15H14N2O/c1-16-10-13-11-6-2-4-8-14(11)18-15-9-5-3-7-12(15)17-13/h2-9,16H,10H2,1H3. The van der Waals surface area contributed by atoms with Crippen LogP contribution < -0.4 is 10.1 Å². The third-order valence-corrected chi connectivity index (χ3v) is 2.88. The molecule has 3 rings (SSSR count). The highest BCUT2D eigenvalue weighted by Crippen LogP contribution is 2.36. The first-order chi connectivity index (χ1) is 8.88. The highest BCUT2D eigenvalue weighted by Gasteiger charge is 2.16. The predicted molar refractivity (Wildman–Crippen MR) is 73.1 cm³/mol. The first-order valence-corrected chi connectivity index (χ1v) is 5.97. The zero-order valence-corrected chi connectivity index (χ0v) is 10.2. The Morgan fingerprint density at radius 1 is 1.00 bits per heavy atom. The zero-order valence-electron chi connectivity index (χ0n) is 10.2. The molecule has 1 aliphatic heterocycles. The molecule has 0 radical (unpaired) electrons. The van der Waals surface area contributed by atoms with Crippen LogP contribution in [0.25, 0.3) is 0 Å². The van der Waals surface area contributed by atoms with Crippen molar-refractivity contribution in [3.05, 3.63) is 54.1 Å². The van der Waals surface area contributed by atoms with Gasteiger partial charge in [0, 0.05) is 12.1 Å². The van der Waals surface area contributed by atoms with E-state index in [1.54, 1.807) is 0 Å². The molecule has 0 atom stereocenters. The molecule has 0 spiro atoms. The molecule has 0 bridgehead atoms. The van der Waals surface area contributed by atoms with Gasteiger partial charge in [0.25, 0.3) is 0 Å². The van der Waals surface area contributed by atoms with Crippen molar-refractivity contribution in [1.82, 2.24) is 5.32 Å². The number of nitrogens with zero attached hydrogens (tertiary/aromatic N) is 1. The maximum absolute atomic E-state index is 5.94. The van der Waals surface area contributed by atoms with E-state index in [-0.39, 0.29) is 0 Å². The number of benzene rings is 2. The summed E-state index contributed by atoms with van der Waals surface area (Å²) in [5, 5.41) is 3.15. The Morgan fingerprint density at radius 3 is 2.56 bits per heavy atom. The van der Waals surface area contributed by atoms with Crippen molar-refractivity contribution in [2.24, 2.45) is 4.99 Å². The summed E-state index contributed by atoms with van der Waals surface area (Å²) in [4.78, 5) is 4.70. The lowest BCUT2D eigenvalue weighted by Gasteiger charge is -2.08. The minimum absolute atomic E-state index is 0.717. The lowest BCUT2D eigenvalue weighted by molar-refractivity contribution is 0.485. The number of aliphatic imine (C=N–C) groups is 1. The fourth-order valence-corrected chi connectivity index (χ4v) is 2.06. The van der Waals surface area contributed by atoms with Crippen LogP contribution >= 0.6 is 0 Å². The van der Waals surface area contributed by atoms with E-state index in [4.69, 9.17) is 9.73 Å². The number of likely N-dealkylation sites (N-methyl/N-ethyl adjacent to an activating group) is 1. The maximum atomic E-state index is 5.94. The van der Waals surface area contributed by atoms with Gasteiger partial charge in [0.05, 0.1) is 5.71 Å². The van der Waals surface area contributed by atoms with E-state index >= 15 is 0 Å². The average molecular weight is 238 g/mol. The largest absolute Gasteiger partial charge is 0.454 e. The molecule has 0 aliphatic carbocycles. The molecule has 1 heterocycles. The second-order valence-corrected chi connectivity index (χ2v) is 4.15. The molecule has 0 aromatic heterocycles. The van der Waals surface area contributed by atoms with Crippen molar-refractivity contribution in [3.63, 3.8) is 0 Å². The molecule has 2 aromatic rings. The summed E-state index contributed by atoms with van der Waals surface area (Å²) < 4.78 is 5.94. The van der Waals surface area contributed by atoms with Gasteiger partial charge >= 0.3 is 0 Å². The Morgan fingerprint density at radius 2 is 1.72 bits per heavy atom. The SMILES string of the molecule is CNCC1=Nc2ccccc2Oc2ccccc21. The van der Waals surface area contributed by atoms with E-state index in [2.05, 4.69) is 5.32 Å². The van der Waals surface area contributed by atoms with Crippen LogP contribution in [0.5, 0.6) is 11.5 Å². The fourth-order valence-electron chi connectivity index (χ4n) is 2.06. The number of hydrogen-bond donors (Lipinski definition) is 1. The van der Waals surface area contributed by atoms with Gasteiger partial charge in [-0.1, -0.05) is 24.3 Å². The van der Waals surface area contributed by atoms with Gasteiger partial charge in [-0.05, 0) is 31.3 Å². The van der Waals surface area contributed by atoms with E-state index in [1.165, 1.54) is 0 Å². The molecule has 0 unspecified atom stereocenters. The second kappa shape index (κ2) is 4.63. The second-order valence-electron chi connectivity index (χ2n) is 4.15. The molecule has 1 aliphatic rings. The summed E-state index contributed by atoms with van der Waals surface area (Å²) in [6, 6.07) is 15.8. The molecule has 90 valence electrons. The Labute approximate surface area is 106 Å². The van der Waals surface area contributed by atoms with Gasteiger partial charge in [0.1, 0.15) is 11.4 Å². The number of rotatable bonds is 2. The van der Waals surface area contributed by atoms with Crippen LogP contribution in [0.1, 0.15) is 5.56 Å². The lowest BCUT2D eigenvalue weighted by atomic mass is 10.1. The molecule has 0 fully saturated rings. The van der Waals surface area contributed by atoms with E-state index in [0.29, 0.717) is 6.54 Å². The molecule has 1 N–H and O–H groups in total. The van der Waals surface area contributed by atoms with Gasteiger partial charge in [-0.25, -0.2) is 4.99 Å². The van der Waals surface area contributed by atoms with Crippen LogP contribution in [0.2, 0.25) is 0 Å². The summed E-state index contributed by atoms with van der Waals surface area (Å²) >= 11 is 0. The molecule has 18 heavy (non-hydrogen) atoms. The van der Waals surface area contributed by atoms with Gasteiger partial charge in [-0.3, -0.25) is 0 Å². The minimum Gasteiger partial charge on any atom is -0.454 e. The van der Waals surface area contributed by atoms with Crippen LogP contribution in [0.3, 0.4) is 0 Å².